The lowest BCUT2D eigenvalue weighted by atomic mass is 9.88. The van der Waals surface area contributed by atoms with Gasteiger partial charge in [0.1, 0.15) is 0 Å². The second-order valence-electron chi connectivity index (χ2n) is 6.70. The van der Waals surface area contributed by atoms with E-state index in [0.29, 0.717) is 6.10 Å². The lowest BCUT2D eigenvalue weighted by molar-refractivity contribution is 0.0645. The number of aromatic nitrogens is 1. The maximum Gasteiger partial charge on any atom is 0.0711 e. The summed E-state index contributed by atoms with van der Waals surface area (Å²) in [5, 5.41) is 3.34. The molecular formula is C18H28N2O. The van der Waals surface area contributed by atoms with E-state index in [-0.39, 0.29) is 0 Å². The van der Waals surface area contributed by atoms with Gasteiger partial charge in [0.05, 0.1) is 6.10 Å². The van der Waals surface area contributed by atoms with Gasteiger partial charge in [-0.15, -0.1) is 0 Å². The van der Waals surface area contributed by atoms with E-state index in [0.717, 1.165) is 38.5 Å². The van der Waals surface area contributed by atoms with Gasteiger partial charge in [0.15, 0.2) is 0 Å². The summed E-state index contributed by atoms with van der Waals surface area (Å²) < 4.78 is 5.86. The number of rotatable bonds is 6. The second kappa shape index (κ2) is 7.37. The maximum atomic E-state index is 5.86. The molecule has 2 atom stereocenters. The normalized spacial score (nSPS) is 25.0. The summed E-state index contributed by atoms with van der Waals surface area (Å²) in [6.45, 7) is 5.38. The van der Waals surface area contributed by atoms with Crippen LogP contribution in [0.2, 0.25) is 0 Å². The van der Waals surface area contributed by atoms with Gasteiger partial charge < -0.3 is 10.1 Å². The minimum absolute atomic E-state index is 0.452. The monoisotopic (exact) mass is 288 g/mol. The first kappa shape index (κ1) is 15.0. The molecule has 1 N–H and O–H groups in total. The summed E-state index contributed by atoms with van der Waals surface area (Å²) in [6, 6.07) is 4.54. The number of nitrogens with one attached hydrogen (secondary N) is 1. The third kappa shape index (κ3) is 4.27. The number of pyridine rings is 1. The number of aryl methyl sites for hydroxylation is 2. The molecule has 21 heavy (non-hydrogen) atoms. The molecule has 0 amide bonds. The molecule has 0 bridgehead atoms. The smallest absolute Gasteiger partial charge is 0.0711 e. The van der Waals surface area contributed by atoms with Crippen LogP contribution in [0.15, 0.2) is 12.1 Å². The zero-order valence-electron chi connectivity index (χ0n) is 13.2. The highest BCUT2D eigenvalue weighted by Gasteiger charge is 2.16. The molecule has 1 aromatic rings. The third-order valence-corrected chi connectivity index (χ3v) is 4.77. The number of ether oxygens (including phenoxy) is 1. The van der Waals surface area contributed by atoms with Gasteiger partial charge in [0.2, 0.25) is 0 Å². The minimum Gasteiger partial charge on any atom is -0.377 e. The summed E-state index contributed by atoms with van der Waals surface area (Å²) in [6.07, 6.45) is 8.74. The standard InChI is InChI=1S/C18H28N2O/c1-14-5-6-15-7-8-16(20-18(15)12-14)4-2-3-11-21-17-9-10-19-13-17/h7-8,14,17,19H,2-6,9-13H2,1H3/t14?,17-/m1/s1. The van der Waals surface area contributed by atoms with E-state index in [4.69, 9.17) is 9.72 Å². The van der Waals surface area contributed by atoms with E-state index in [1.807, 2.05) is 0 Å². The minimum atomic E-state index is 0.452. The Labute approximate surface area is 128 Å². The Bertz CT molecular complexity index is 455. The van der Waals surface area contributed by atoms with Crippen LogP contribution in [0.25, 0.3) is 0 Å². The van der Waals surface area contributed by atoms with Gasteiger partial charge in [-0.1, -0.05) is 13.0 Å². The summed E-state index contributed by atoms with van der Waals surface area (Å²) >= 11 is 0. The molecule has 2 heterocycles. The lowest BCUT2D eigenvalue weighted by Crippen LogP contribution is -2.17. The molecule has 0 spiro atoms. The molecule has 116 valence electrons. The van der Waals surface area contributed by atoms with Crippen molar-refractivity contribution in [2.24, 2.45) is 5.92 Å². The lowest BCUT2D eigenvalue weighted by Gasteiger charge is -2.21. The van der Waals surface area contributed by atoms with E-state index in [1.165, 1.54) is 49.1 Å². The maximum absolute atomic E-state index is 5.86. The fourth-order valence-electron chi connectivity index (χ4n) is 3.38. The average Bonchev–Trinajstić information content (AvgIpc) is 3.00. The molecule has 1 fully saturated rings. The molecule has 1 saturated heterocycles. The number of nitrogens with zero attached hydrogens (tertiary/aromatic N) is 1. The van der Waals surface area contributed by atoms with E-state index >= 15 is 0 Å². The van der Waals surface area contributed by atoms with Crippen LogP contribution in [0.4, 0.5) is 0 Å². The Hall–Kier alpha value is -0.930. The fourth-order valence-corrected chi connectivity index (χ4v) is 3.38. The highest BCUT2D eigenvalue weighted by molar-refractivity contribution is 5.25. The van der Waals surface area contributed by atoms with Crippen molar-refractivity contribution in [3.05, 3.63) is 29.1 Å². The van der Waals surface area contributed by atoms with Crippen molar-refractivity contribution in [1.29, 1.82) is 0 Å². The highest BCUT2D eigenvalue weighted by atomic mass is 16.5. The summed E-state index contributed by atoms with van der Waals surface area (Å²) in [4.78, 5) is 4.89. The Kier molecular flexibility index (Phi) is 5.26. The molecule has 0 saturated carbocycles. The molecule has 3 rings (SSSR count). The molecule has 1 unspecified atom stereocenters. The number of unbranched alkanes of at least 4 members (excludes halogenated alkanes) is 1. The van der Waals surface area contributed by atoms with Crippen LogP contribution in [0.3, 0.4) is 0 Å². The molecule has 3 heteroatoms. The van der Waals surface area contributed by atoms with Gasteiger partial charge in [-0.25, -0.2) is 0 Å². The number of hydrogen-bond acceptors (Lipinski definition) is 3. The topological polar surface area (TPSA) is 34.1 Å². The SMILES string of the molecule is CC1CCc2ccc(CCCCO[C@@H]3CCNC3)nc2C1. The predicted molar refractivity (Wildman–Crippen MR) is 85.6 cm³/mol. The highest BCUT2D eigenvalue weighted by Crippen LogP contribution is 2.24. The molecule has 0 radical (unpaired) electrons. The van der Waals surface area contributed by atoms with Crippen LogP contribution in [0, 0.1) is 5.92 Å². The van der Waals surface area contributed by atoms with Gasteiger partial charge >= 0.3 is 0 Å². The Morgan fingerprint density at radius 2 is 2.24 bits per heavy atom. The van der Waals surface area contributed by atoms with Crippen molar-refractivity contribution in [2.45, 2.75) is 58.0 Å². The van der Waals surface area contributed by atoms with Crippen molar-refractivity contribution < 1.29 is 4.74 Å². The van der Waals surface area contributed by atoms with Crippen LogP contribution in [0.5, 0.6) is 0 Å². The Morgan fingerprint density at radius 3 is 3.10 bits per heavy atom. The van der Waals surface area contributed by atoms with Crippen LogP contribution >= 0.6 is 0 Å². The molecule has 1 aliphatic heterocycles. The first-order chi connectivity index (χ1) is 10.3. The molecule has 1 aromatic heterocycles. The molecule has 1 aliphatic carbocycles. The van der Waals surface area contributed by atoms with Gasteiger partial charge in [-0.3, -0.25) is 4.98 Å². The van der Waals surface area contributed by atoms with Crippen molar-refractivity contribution in [3.63, 3.8) is 0 Å². The van der Waals surface area contributed by atoms with Gasteiger partial charge in [0, 0.05) is 24.5 Å². The van der Waals surface area contributed by atoms with Crippen molar-refractivity contribution in [2.75, 3.05) is 19.7 Å². The first-order valence-electron chi connectivity index (χ1n) is 8.61. The molecular weight excluding hydrogens is 260 g/mol. The number of fused-ring (bicyclic) bond motifs is 1. The van der Waals surface area contributed by atoms with Crippen LogP contribution in [-0.4, -0.2) is 30.8 Å². The quantitative estimate of drug-likeness (QED) is 0.817. The summed E-state index contributed by atoms with van der Waals surface area (Å²) in [5.41, 5.74) is 4.11. The van der Waals surface area contributed by atoms with Crippen LogP contribution in [-0.2, 0) is 24.0 Å². The van der Waals surface area contributed by atoms with Crippen molar-refractivity contribution in [1.82, 2.24) is 10.3 Å². The van der Waals surface area contributed by atoms with Gasteiger partial charge in [-0.2, -0.15) is 0 Å². The van der Waals surface area contributed by atoms with Crippen molar-refractivity contribution >= 4 is 0 Å². The second-order valence-corrected chi connectivity index (χ2v) is 6.70. The van der Waals surface area contributed by atoms with E-state index in [2.05, 4.69) is 24.4 Å². The van der Waals surface area contributed by atoms with E-state index in [9.17, 15) is 0 Å². The molecule has 0 aromatic carbocycles. The predicted octanol–water partition coefficient (Wildman–Crippen LogP) is 2.91. The summed E-state index contributed by atoms with van der Waals surface area (Å²) in [7, 11) is 0. The van der Waals surface area contributed by atoms with Crippen LogP contribution < -0.4 is 5.32 Å². The Morgan fingerprint density at radius 1 is 1.29 bits per heavy atom. The van der Waals surface area contributed by atoms with Crippen LogP contribution in [0.1, 0.15) is 49.6 Å². The largest absolute Gasteiger partial charge is 0.377 e. The molecule has 3 nitrogen and oxygen atoms in total. The molecule has 2 aliphatic rings. The average molecular weight is 288 g/mol. The third-order valence-electron chi connectivity index (χ3n) is 4.77. The van der Waals surface area contributed by atoms with Gasteiger partial charge in [0.25, 0.3) is 0 Å². The summed E-state index contributed by atoms with van der Waals surface area (Å²) in [5.74, 6) is 0.800. The zero-order chi connectivity index (χ0) is 14.5. The van der Waals surface area contributed by atoms with Crippen molar-refractivity contribution in [3.8, 4) is 0 Å². The first-order valence-corrected chi connectivity index (χ1v) is 8.61. The zero-order valence-corrected chi connectivity index (χ0v) is 13.2. The Balaban J connectivity index is 1.40. The van der Waals surface area contributed by atoms with E-state index in [1.54, 1.807) is 0 Å². The fraction of sp³-hybridized carbons (Fsp3) is 0.722. The number of hydrogen-bond donors (Lipinski definition) is 1. The van der Waals surface area contributed by atoms with E-state index < -0.39 is 0 Å². The van der Waals surface area contributed by atoms with Gasteiger partial charge in [-0.05, 0) is 69.0 Å².